The third-order valence-electron chi connectivity index (χ3n) is 4.10. The van der Waals surface area contributed by atoms with Crippen LogP contribution >= 0.6 is 0 Å². The van der Waals surface area contributed by atoms with Gasteiger partial charge in [0, 0.05) is 37.6 Å². The Morgan fingerprint density at radius 3 is 3.20 bits per heavy atom. The summed E-state index contributed by atoms with van der Waals surface area (Å²) in [5.41, 5.74) is 3.87. The van der Waals surface area contributed by atoms with Crippen LogP contribution in [0.1, 0.15) is 49.2 Å². The van der Waals surface area contributed by atoms with E-state index < -0.39 is 0 Å². The summed E-state index contributed by atoms with van der Waals surface area (Å²) < 4.78 is 0. The van der Waals surface area contributed by atoms with Gasteiger partial charge in [0.1, 0.15) is 0 Å². The summed E-state index contributed by atoms with van der Waals surface area (Å²) in [6.45, 7) is 4.31. The number of rotatable bonds is 5. The van der Waals surface area contributed by atoms with Crippen LogP contribution in [0.5, 0.6) is 0 Å². The van der Waals surface area contributed by atoms with E-state index in [9.17, 15) is 0 Å². The van der Waals surface area contributed by atoms with Gasteiger partial charge in [-0.3, -0.25) is 9.88 Å². The van der Waals surface area contributed by atoms with Crippen molar-refractivity contribution in [1.82, 2.24) is 19.9 Å². The second-order valence-electron chi connectivity index (χ2n) is 5.51. The van der Waals surface area contributed by atoms with Crippen LogP contribution in [0.4, 0.5) is 0 Å². The number of aromatic amines is 1. The van der Waals surface area contributed by atoms with Gasteiger partial charge in [-0.25, -0.2) is 4.98 Å². The molecular weight excluding hydrogens is 248 g/mol. The van der Waals surface area contributed by atoms with Crippen LogP contribution in [-0.2, 0) is 13.0 Å². The van der Waals surface area contributed by atoms with Crippen molar-refractivity contribution in [1.29, 1.82) is 0 Å². The van der Waals surface area contributed by atoms with Gasteiger partial charge in [-0.15, -0.1) is 0 Å². The van der Waals surface area contributed by atoms with Gasteiger partial charge >= 0.3 is 0 Å². The minimum atomic E-state index is 0.449. The van der Waals surface area contributed by atoms with Crippen molar-refractivity contribution in [2.75, 3.05) is 6.54 Å². The first-order valence-electron chi connectivity index (χ1n) is 7.53. The van der Waals surface area contributed by atoms with E-state index >= 15 is 0 Å². The highest BCUT2D eigenvalue weighted by atomic mass is 15.2. The highest BCUT2D eigenvalue weighted by Gasteiger charge is 2.28. The van der Waals surface area contributed by atoms with E-state index in [1.54, 1.807) is 0 Å². The minimum Gasteiger partial charge on any atom is -0.348 e. The SMILES string of the molecule is CCCCC1c2nc[nH]c2CCN1Cc1cccnc1. The average Bonchev–Trinajstić information content (AvgIpc) is 2.96. The molecule has 1 atom stereocenters. The molecular formula is C16H22N4. The summed E-state index contributed by atoms with van der Waals surface area (Å²) in [6, 6.07) is 4.62. The second-order valence-corrected chi connectivity index (χ2v) is 5.51. The van der Waals surface area contributed by atoms with Gasteiger partial charge in [0.15, 0.2) is 0 Å². The second kappa shape index (κ2) is 6.18. The quantitative estimate of drug-likeness (QED) is 0.908. The smallest absolute Gasteiger partial charge is 0.0925 e. The first-order valence-corrected chi connectivity index (χ1v) is 7.53. The lowest BCUT2D eigenvalue weighted by molar-refractivity contribution is 0.160. The number of imidazole rings is 1. The van der Waals surface area contributed by atoms with Crippen LogP contribution in [0.25, 0.3) is 0 Å². The summed E-state index contributed by atoms with van der Waals surface area (Å²) in [5.74, 6) is 0. The molecule has 4 heteroatoms. The van der Waals surface area contributed by atoms with Crippen molar-refractivity contribution >= 4 is 0 Å². The molecule has 1 N–H and O–H groups in total. The van der Waals surface area contributed by atoms with Gasteiger partial charge in [-0.2, -0.15) is 0 Å². The van der Waals surface area contributed by atoms with E-state index in [1.807, 2.05) is 24.8 Å². The molecule has 2 aromatic heterocycles. The summed E-state index contributed by atoms with van der Waals surface area (Å²) in [4.78, 5) is 14.6. The maximum absolute atomic E-state index is 4.57. The maximum Gasteiger partial charge on any atom is 0.0925 e. The van der Waals surface area contributed by atoms with E-state index in [4.69, 9.17) is 0 Å². The third kappa shape index (κ3) is 2.75. The van der Waals surface area contributed by atoms with Crippen molar-refractivity contribution in [3.63, 3.8) is 0 Å². The van der Waals surface area contributed by atoms with E-state index in [2.05, 4.69) is 32.8 Å². The molecule has 0 spiro atoms. The Hall–Kier alpha value is -1.68. The van der Waals surface area contributed by atoms with Crippen molar-refractivity contribution in [3.05, 3.63) is 47.8 Å². The predicted octanol–water partition coefficient (Wildman–Crippen LogP) is 3.09. The topological polar surface area (TPSA) is 44.8 Å². The first-order chi connectivity index (χ1) is 9.88. The Morgan fingerprint density at radius 1 is 1.45 bits per heavy atom. The van der Waals surface area contributed by atoms with Gasteiger partial charge in [0.25, 0.3) is 0 Å². The van der Waals surface area contributed by atoms with Gasteiger partial charge in [0.05, 0.1) is 18.1 Å². The Bertz CT molecular complexity index is 534. The Balaban J connectivity index is 1.79. The van der Waals surface area contributed by atoms with E-state index in [0.717, 1.165) is 19.5 Å². The highest BCUT2D eigenvalue weighted by molar-refractivity contribution is 5.20. The van der Waals surface area contributed by atoms with Crippen LogP contribution in [0.2, 0.25) is 0 Å². The average molecular weight is 270 g/mol. The Morgan fingerprint density at radius 2 is 2.40 bits per heavy atom. The molecule has 3 heterocycles. The molecule has 1 unspecified atom stereocenters. The molecule has 0 radical (unpaired) electrons. The molecule has 3 rings (SSSR count). The Kier molecular flexibility index (Phi) is 4.11. The third-order valence-corrected chi connectivity index (χ3v) is 4.10. The van der Waals surface area contributed by atoms with Gasteiger partial charge < -0.3 is 4.98 Å². The number of pyridine rings is 1. The van der Waals surface area contributed by atoms with E-state index in [-0.39, 0.29) is 0 Å². The molecule has 1 aliphatic heterocycles. The normalized spacial score (nSPS) is 18.9. The number of hydrogen-bond donors (Lipinski definition) is 1. The summed E-state index contributed by atoms with van der Waals surface area (Å²) >= 11 is 0. The molecule has 0 saturated heterocycles. The standard InChI is InChI=1S/C16H22N4/c1-2-3-6-15-16-14(18-12-19-16)7-9-20(15)11-13-5-4-8-17-10-13/h4-5,8,10,12,15H,2-3,6-7,9,11H2,1H3,(H,18,19). The van der Waals surface area contributed by atoms with Gasteiger partial charge in [-0.1, -0.05) is 25.8 Å². The van der Waals surface area contributed by atoms with Crippen LogP contribution in [0.3, 0.4) is 0 Å². The van der Waals surface area contributed by atoms with E-state index in [0.29, 0.717) is 6.04 Å². The van der Waals surface area contributed by atoms with Crippen molar-refractivity contribution < 1.29 is 0 Å². The molecule has 0 amide bonds. The summed E-state index contributed by atoms with van der Waals surface area (Å²) in [5, 5.41) is 0. The molecule has 0 bridgehead atoms. The molecule has 0 fully saturated rings. The fourth-order valence-corrected chi connectivity index (χ4v) is 3.04. The molecule has 20 heavy (non-hydrogen) atoms. The first kappa shape index (κ1) is 13.3. The van der Waals surface area contributed by atoms with Crippen molar-refractivity contribution in [2.45, 2.75) is 45.2 Å². The minimum absolute atomic E-state index is 0.449. The van der Waals surface area contributed by atoms with Crippen LogP contribution in [0.15, 0.2) is 30.9 Å². The number of nitrogens with one attached hydrogen (secondary N) is 1. The monoisotopic (exact) mass is 270 g/mol. The largest absolute Gasteiger partial charge is 0.348 e. The van der Waals surface area contributed by atoms with Crippen LogP contribution < -0.4 is 0 Å². The lowest BCUT2D eigenvalue weighted by atomic mass is 9.97. The summed E-state index contributed by atoms with van der Waals surface area (Å²) in [7, 11) is 0. The number of H-pyrrole nitrogens is 1. The molecule has 0 saturated carbocycles. The lowest BCUT2D eigenvalue weighted by Crippen LogP contribution is -2.35. The number of nitrogens with zero attached hydrogens (tertiary/aromatic N) is 3. The van der Waals surface area contributed by atoms with Gasteiger partial charge in [0.2, 0.25) is 0 Å². The molecule has 106 valence electrons. The van der Waals surface area contributed by atoms with Crippen molar-refractivity contribution in [2.24, 2.45) is 0 Å². The molecule has 1 aliphatic rings. The predicted molar refractivity (Wildman–Crippen MR) is 79.2 cm³/mol. The fraction of sp³-hybridized carbons (Fsp3) is 0.500. The zero-order chi connectivity index (χ0) is 13.8. The highest BCUT2D eigenvalue weighted by Crippen LogP contribution is 2.32. The zero-order valence-corrected chi connectivity index (χ0v) is 12.0. The maximum atomic E-state index is 4.57. The summed E-state index contributed by atoms with van der Waals surface area (Å²) in [6.07, 6.45) is 10.4. The fourth-order valence-electron chi connectivity index (χ4n) is 3.04. The number of aromatic nitrogens is 3. The lowest BCUT2D eigenvalue weighted by Gasteiger charge is -2.35. The van der Waals surface area contributed by atoms with Crippen LogP contribution in [0, 0.1) is 0 Å². The van der Waals surface area contributed by atoms with E-state index in [1.165, 1.54) is 36.2 Å². The zero-order valence-electron chi connectivity index (χ0n) is 12.0. The molecule has 0 aromatic carbocycles. The number of hydrogen-bond acceptors (Lipinski definition) is 3. The number of fused-ring (bicyclic) bond motifs is 1. The van der Waals surface area contributed by atoms with Crippen LogP contribution in [-0.4, -0.2) is 26.4 Å². The number of unbranched alkanes of at least 4 members (excludes halogenated alkanes) is 1. The molecule has 4 nitrogen and oxygen atoms in total. The molecule has 2 aromatic rings. The Labute approximate surface area is 120 Å². The van der Waals surface area contributed by atoms with Crippen molar-refractivity contribution in [3.8, 4) is 0 Å². The van der Waals surface area contributed by atoms with Gasteiger partial charge in [-0.05, 0) is 18.1 Å². The molecule has 0 aliphatic carbocycles.